The molecule has 3 aromatic rings. The van der Waals surface area contributed by atoms with Crippen LogP contribution in [0.25, 0.3) is 0 Å². The smallest absolute Gasteiger partial charge is 0.261 e. The topological polar surface area (TPSA) is 138 Å². The van der Waals surface area contributed by atoms with Gasteiger partial charge in [0.15, 0.2) is 0 Å². The van der Waals surface area contributed by atoms with Gasteiger partial charge in [-0.2, -0.15) is 4.98 Å². The zero-order chi connectivity index (χ0) is 22.1. The highest BCUT2D eigenvalue weighted by Crippen LogP contribution is 2.20. The van der Waals surface area contributed by atoms with Gasteiger partial charge >= 0.3 is 0 Å². The largest absolute Gasteiger partial charge is 0.340 e. The van der Waals surface area contributed by atoms with Crippen molar-refractivity contribution in [1.29, 1.82) is 0 Å². The number of anilines is 4. The molecule has 1 amide bonds. The molecule has 0 radical (unpaired) electrons. The molecule has 0 saturated carbocycles. The van der Waals surface area contributed by atoms with Crippen molar-refractivity contribution in [2.45, 2.75) is 17.7 Å². The number of hydrogen-bond donors (Lipinski definition) is 4. The maximum absolute atomic E-state index is 12.5. The second-order valence-corrected chi connectivity index (χ2v) is 8.28. The fraction of sp³-hybridized carbons (Fsp3) is 0.158. The molecule has 10 nitrogen and oxygen atoms in total. The van der Waals surface area contributed by atoms with Crippen molar-refractivity contribution in [1.82, 2.24) is 20.4 Å². The second kappa shape index (κ2) is 10.5. The molecule has 4 N–H and O–H groups in total. The van der Waals surface area contributed by atoms with Crippen LogP contribution in [0, 0.1) is 0 Å². The molecular formula is C19H20ClN7O3S. The lowest BCUT2D eigenvalue weighted by molar-refractivity contribution is -0.120. The van der Waals surface area contributed by atoms with Crippen LogP contribution in [-0.4, -0.2) is 35.2 Å². The molecule has 31 heavy (non-hydrogen) atoms. The third kappa shape index (κ3) is 6.79. The van der Waals surface area contributed by atoms with Gasteiger partial charge in [-0.1, -0.05) is 0 Å². The first-order valence-corrected chi connectivity index (χ1v) is 11.2. The van der Waals surface area contributed by atoms with Crippen LogP contribution in [0.2, 0.25) is 0 Å². The van der Waals surface area contributed by atoms with E-state index in [0.29, 0.717) is 35.9 Å². The number of carbonyl (C=O) groups excluding carboxylic acids is 1. The molecule has 1 aromatic carbocycles. The fourth-order valence-electron chi connectivity index (χ4n) is 2.40. The highest BCUT2D eigenvalue weighted by molar-refractivity contribution is 7.92. The number of hydrazine groups is 1. The first-order valence-electron chi connectivity index (χ1n) is 9.20. The average Bonchev–Trinajstić information content (AvgIpc) is 2.77. The third-order valence-corrected chi connectivity index (χ3v) is 5.54. The Labute approximate surface area is 184 Å². The number of alkyl halides is 1. The summed E-state index contributed by atoms with van der Waals surface area (Å²) in [5.74, 6) is 0.839. The summed E-state index contributed by atoms with van der Waals surface area (Å²) in [4.78, 5) is 23.8. The third-order valence-electron chi connectivity index (χ3n) is 3.88. The van der Waals surface area contributed by atoms with Crippen molar-refractivity contribution >= 4 is 50.7 Å². The van der Waals surface area contributed by atoms with Gasteiger partial charge in [0.2, 0.25) is 11.9 Å². The molecule has 0 atom stereocenters. The Morgan fingerprint density at radius 1 is 0.968 bits per heavy atom. The van der Waals surface area contributed by atoms with Crippen molar-refractivity contribution in [2.75, 3.05) is 21.3 Å². The normalized spacial score (nSPS) is 10.9. The van der Waals surface area contributed by atoms with Crippen LogP contribution in [0.4, 0.5) is 23.1 Å². The summed E-state index contributed by atoms with van der Waals surface area (Å²) in [6, 6.07) is 10.9. The highest BCUT2D eigenvalue weighted by Gasteiger charge is 2.14. The van der Waals surface area contributed by atoms with Crippen molar-refractivity contribution in [3.8, 4) is 0 Å². The zero-order valence-electron chi connectivity index (χ0n) is 16.2. The number of halogens is 1. The predicted octanol–water partition coefficient (Wildman–Crippen LogP) is 2.88. The van der Waals surface area contributed by atoms with E-state index in [-0.39, 0.29) is 16.8 Å². The molecule has 12 heteroatoms. The van der Waals surface area contributed by atoms with Crippen molar-refractivity contribution < 1.29 is 13.2 Å². The van der Waals surface area contributed by atoms with E-state index in [0.717, 1.165) is 0 Å². The lowest BCUT2D eigenvalue weighted by Gasteiger charge is -2.11. The molecule has 0 aliphatic heterocycles. The van der Waals surface area contributed by atoms with E-state index < -0.39 is 10.0 Å². The minimum atomic E-state index is -3.72. The van der Waals surface area contributed by atoms with Gasteiger partial charge in [-0.3, -0.25) is 25.4 Å². The Morgan fingerprint density at radius 2 is 1.71 bits per heavy atom. The molecule has 0 fully saturated rings. The predicted molar refractivity (Wildman–Crippen MR) is 119 cm³/mol. The minimum absolute atomic E-state index is 0.111. The molecule has 162 valence electrons. The van der Waals surface area contributed by atoms with Crippen LogP contribution in [-0.2, 0) is 14.8 Å². The summed E-state index contributed by atoms with van der Waals surface area (Å²) in [6.07, 6.45) is 5.38. The monoisotopic (exact) mass is 461 g/mol. The van der Waals surface area contributed by atoms with E-state index in [4.69, 9.17) is 11.6 Å². The van der Waals surface area contributed by atoms with E-state index in [9.17, 15) is 13.2 Å². The van der Waals surface area contributed by atoms with E-state index >= 15 is 0 Å². The number of benzene rings is 1. The Morgan fingerprint density at radius 3 is 2.42 bits per heavy atom. The van der Waals surface area contributed by atoms with Gasteiger partial charge in [-0.15, -0.1) is 11.6 Å². The number of hydrogen-bond acceptors (Lipinski definition) is 8. The number of nitrogens with one attached hydrogen (secondary N) is 4. The maximum Gasteiger partial charge on any atom is 0.261 e. The van der Waals surface area contributed by atoms with E-state index in [1.807, 2.05) is 0 Å². The molecule has 2 heterocycles. The molecule has 0 spiro atoms. The standard InChI is InChI=1S/C19H20ClN7O3S/c20-10-1-2-18(28)25-26-19-22-13-9-17(24-19)23-14-3-5-16(6-4-14)31(29,30)27-15-7-11-21-12-8-15/h3-9,11-13H,1-2,10H2,(H,21,27)(H,25,28)(H2,22,23,24,26). The minimum Gasteiger partial charge on any atom is -0.340 e. The summed E-state index contributed by atoms with van der Waals surface area (Å²) < 4.78 is 27.5. The number of nitrogens with zero attached hydrogens (tertiary/aromatic N) is 3. The molecule has 0 aliphatic rings. The maximum atomic E-state index is 12.5. The van der Waals surface area contributed by atoms with E-state index in [2.05, 4.69) is 35.8 Å². The van der Waals surface area contributed by atoms with Crippen LogP contribution < -0.4 is 20.9 Å². The summed E-state index contributed by atoms with van der Waals surface area (Å²) in [6.45, 7) is 0. The van der Waals surface area contributed by atoms with Crippen LogP contribution in [0.3, 0.4) is 0 Å². The first-order chi connectivity index (χ1) is 15.0. The molecule has 0 bridgehead atoms. The molecule has 2 aromatic heterocycles. The molecule has 0 saturated heterocycles. The van der Waals surface area contributed by atoms with Crippen molar-refractivity contribution in [2.24, 2.45) is 0 Å². The highest BCUT2D eigenvalue weighted by atomic mass is 35.5. The molecule has 0 unspecified atom stereocenters. The van der Waals surface area contributed by atoms with Gasteiger partial charge in [0.05, 0.1) is 10.6 Å². The number of carbonyl (C=O) groups is 1. The Bertz CT molecular complexity index is 1110. The lowest BCUT2D eigenvalue weighted by atomic mass is 10.3. The van der Waals surface area contributed by atoms with Crippen LogP contribution in [0.5, 0.6) is 0 Å². The summed E-state index contributed by atoms with van der Waals surface area (Å²) >= 11 is 5.56. The second-order valence-electron chi connectivity index (χ2n) is 6.22. The van der Waals surface area contributed by atoms with Gasteiger partial charge in [-0.05, 0) is 48.9 Å². The Balaban J connectivity index is 1.61. The van der Waals surface area contributed by atoms with E-state index in [1.54, 1.807) is 30.3 Å². The van der Waals surface area contributed by atoms with Crippen LogP contribution in [0.1, 0.15) is 12.8 Å². The van der Waals surface area contributed by atoms with Gasteiger partial charge in [0.1, 0.15) is 5.82 Å². The van der Waals surface area contributed by atoms with Gasteiger partial charge < -0.3 is 5.32 Å². The summed E-state index contributed by atoms with van der Waals surface area (Å²) in [7, 11) is -3.72. The first kappa shape index (κ1) is 22.2. The number of rotatable bonds is 10. The number of pyridine rings is 1. The van der Waals surface area contributed by atoms with Gasteiger partial charge in [0.25, 0.3) is 10.0 Å². The molecule has 3 rings (SSSR count). The quantitative estimate of drug-likeness (QED) is 0.267. The molecule has 0 aliphatic carbocycles. The fourth-order valence-corrected chi connectivity index (χ4v) is 3.60. The SMILES string of the molecule is O=C(CCCCl)NNc1nccc(Nc2ccc(S(=O)(=O)Nc3ccncc3)cc2)n1. The van der Waals surface area contributed by atoms with Gasteiger partial charge in [-0.25, -0.2) is 13.4 Å². The molecular weight excluding hydrogens is 442 g/mol. The number of sulfonamides is 1. The van der Waals surface area contributed by atoms with Crippen LogP contribution >= 0.6 is 11.6 Å². The van der Waals surface area contributed by atoms with Crippen molar-refractivity contribution in [3.63, 3.8) is 0 Å². The lowest BCUT2D eigenvalue weighted by Crippen LogP contribution is -2.30. The average molecular weight is 462 g/mol. The Kier molecular flexibility index (Phi) is 7.57. The van der Waals surface area contributed by atoms with E-state index in [1.165, 1.54) is 30.7 Å². The summed E-state index contributed by atoms with van der Waals surface area (Å²) in [5.41, 5.74) is 6.17. The number of aromatic nitrogens is 3. The van der Waals surface area contributed by atoms with Gasteiger partial charge in [0, 0.05) is 36.6 Å². The Hall–Kier alpha value is -3.44. The number of amides is 1. The zero-order valence-corrected chi connectivity index (χ0v) is 17.8. The van der Waals surface area contributed by atoms with Crippen LogP contribution in [0.15, 0.2) is 66.0 Å². The van der Waals surface area contributed by atoms with Crippen molar-refractivity contribution in [3.05, 3.63) is 61.1 Å². The summed E-state index contributed by atoms with van der Waals surface area (Å²) in [5, 5.41) is 3.05.